The van der Waals surface area contributed by atoms with Crippen LogP contribution in [0.2, 0.25) is 10.0 Å². The number of nitro groups is 1. The molecule has 0 saturated carbocycles. The van der Waals surface area contributed by atoms with E-state index in [1.54, 1.807) is 25.3 Å². The monoisotopic (exact) mass is 506 g/mol. The number of carbonyl (C=O) groups is 1. The number of halogens is 2. The van der Waals surface area contributed by atoms with Gasteiger partial charge in [0.15, 0.2) is 0 Å². The number of amides is 1. The van der Waals surface area contributed by atoms with Crippen LogP contribution in [0.5, 0.6) is 0 Å². The van der Waals surface area contributed by atoms with Crippen LogP contribution in [0.4, 0.5) is 17.3 Å². The Morgan fingerprint density at radius 1 is 1.24 bits per heavy atom. The Morgan fingerprint density at radius 2 is 2.03 bits per heavy atom. The van der Waals surface area contributed by atoms with Crippen LogP contribution in [-0.4, -0.2) is 47.2 Å². The number of rotatable bonds is 11. The minimum Gasteiger partial charge on any atom is -0.383 e. The molecule has 0 fully saturated rings. The fourth-order valence-electron chi connectivity index (χ4n) is 3.30. The highest BCUT2D eigenvalue weighted by molar-refractivity contribution is 6.36. The fourth-order valence-corrected chi connectivity index (χ4v) is 3.82. The molecule has 0 saturated heterocycles. The number of anilines is 2. The summed E-state index contributed by atoms with van der Waals surface area (Å²) in [7, 11) is 1.57. The molecule has 0 aliphatic heterocycles. The van der Waals surface area contributed by atoms with Crippen LogP contribution in [0.15, 0.2) is 42.6 Å². The van der Waals surface area contributed by atoms with Crippen molar-refractivity contribution in [2.75, 3.05) is 37.9 Å². The number of nitrogens with two attached hydrogens (primary N) is 1. The average Bonchev–Trinajstić information content (AvgIpc) is 3.20. The van der Waals surface area contributed by atoms with E-state index in [0.717, 1.165) is 11.1 Å². The molecule has 0 radical (unpaired) electrons. The van der Waals surface area contributed by atoms with Crippen molar-refractivity contribution in [3.05, 3.63) is 68.4 Å². The van der Waals surface area contributed by atoms with E-state index in [2.05, 4.69) is 15.6 Å². The predicted octanol–water partition coefficient (Wildman–Crippen LogP) is 4.23. The van der Waals surface area contributed by atoms with Crippen LogP contribution in [0, 0.1) is 10.1 Å². The van der Waals surface area contributed by atoms with Crippen LogP contribution in [0.1, 0.15) is 16.9 Å². The lowest BCUT2D eigenvalue weighted by Crippen LogP contribution is -2.29. The normalized spacial score (nSPS) is 10.8. The van der Waals surface area contributed by atoms with Crippen LogP contribution in [0.3, 0.4) is 0 Å². The second kappa shape index (κ2) is 11.7. The van der Waals surface area contributed by atoms with Gasteiger partial charge in [0.1, 0.15) is 11.5 Å². The number of aryl methyl sites for hydroxylation is 1. The first-order valence-electron chi connectivity index (χ1n) is 10.4. The number of methoxy groups -OCH3 is 1. The van der Waals surface area contributed by atoms with E-state index in [-0.39, 0.29) is 17.4 Å². The van der Waals surface area contributed by atoms with E-state index in [1.165, 1.54) is 12.1 Å². The number of nitrogen functional groups attached to an aromatic ring is 1. The van der Waals surface area contributed by atoms with Gasteiger partial charge < -0.3 is 25.7 Å². The lowest BCUT2D eigenvalue weighted by molar-refractivity contribution is -0.384. The summed E-state index contributed by atoms with van der Waals surface area (Å²) in [6.07, 6.45) is 2.50. The third-order valence-corrected chi connectivity index (χ3v) is 5.49. The number of hydrogen-bond acceptors (Lipinski definition) is 7. The highest BCUT2D eigenvalue weighted by atomic mass is 35.5. The van der Waals surface area contributed by atoms with Crippen molar-refractivity contribution >= 4 is 46.4 Å². The SMILES string of the molecule is COCCNC(=O)c1cc(-c2ccc(Cl)cc2Cl)cn1CCCNc1ccc([N+](=O)[O-])c(N)n1. The number of aromatic nitrogens is 2. The highest BCUT2D eigenvalue weighted by Gasteiger charge is 2.16. The lowest BCUT2D eigenvalue weighted by Gasteiger charge is -2.11. The second-order valence-electron chi connectivity index (χ2n) is 7.32. The van der Waals surface area contributed by atoms with Gasteiger partial charge in [0.05, 0.1) is 11.5 Å². The summed E-state index contributed by atoms with van der Waals surface area (Å²) in [6, 6.07) is 9.79. The van der Waals surface area contributed by atoms with E-state index in [4.69, 9.17) is 33.7 Å². The lowest BCUT2D eigenvalue weighted by atomic mass is 10.1. The first kappa shape index (κ1) is 25.3. The van der Waals surface area contributed by atoms with Gasteiger partial charge in [-0.05, 0) is 30.7 Å². The Morgan fingerprint density at radius 3 is 2.71 bits per heavy atom. The van der Waals surface area contributed by atoms with Gasteiger partial charge >= 0.3 is 5.69 Å². The number of nitrogens with zero attached hydrogens (tertiary/aromatic N) is 3. The van der Waals surface area contributed by atoms with Crippen LogP contribution < -0.4 is 16.4 Å². The van der Waals surface area contributed by atoms with Crippen molar-refractivity contribution in [2.45, 2.75) is 13.0 Å². The third-order valence-electron chi connectivity index (χ3n) is 4.94. The Kier molecular flexibility index (Phi) is 8.69. The summed E-state index contributed by atoms with van der Waals surface area (Å²) in [5, 5.41) is 17.8. The van der Waals surface area contributed by atoms with Gasteiger partial charge in [0.25, 0.3) is 5.91 Å². The van der Waals surface area contributed by atoms with Gasteiger partial charge in [-0.2, -0.15) is 0 Å². The maximum absolute atomic E-state index is 12.8. The van der Waals surface area contributed by atoms with Gasteiger partial charge in [-0.15, -0.1) is 0 Å². The second-order valence-corrected chi connectivity index (χ2v) is 8.16. The zero-order valence-corrected chi connectivity index (χ0v) is 19.9. The molecule has 0 bridgehead atoms. The molecule has 34 heavy (non-hydrogen) atoms. The van der Waals surface area contributed by atoms with Crippen LogP contribution in [0.25, 0.3) is 11.1 Å². The van der Waals surface area contributed by atoms with Crippen molar-refractivity contribution < 1.29 is 14.5 Å². The molecule has 1 aromatic carbocycles. The minimum atomic E-state index is -0.581. The van der Waals surface area contributed by atoms with Crippen molar-refractivity contribution in [3.8, 4) is 11.1 Å². The Bertz CT molecular complexity index is 1180. The number of carbonyl (C=O) groups excluding carboxylic acids is 1. The van der Waals surface area contributed by atoms with E-state index >= 15 is 0 Å². The molecule has 10 nitrogen and oxygen atoms in total. The van der Waals surface area contributed by atoms with Crippen molar-refractivity contribution in [2.24, 2.45) is 0 Å². The predicted molar refractivity (Wildman–Crippen MR) is 133 cm³/mol. The number of pyridine rings is 1. The van der Waals surface area contributed by atoms with E-state index in [9.17, 15) is 14.9 Å². The highest BCUT2D eigenvalue weighted by Crippen LogP contribution is 2.31. The average molecular weight is 507 g/mol. The smallest absolute Gasteiger partial charge is 0.311 e. The Hall–Kier alpha value is -3.34. The van der Waals surface area contributed by atoms with E-state index in [0.29, 0.717) is 54.2 Å². The molecule has 3 rings (SSSR count). The minimum absolute atomic E-state index is 0.153. The molecule has 0 atom stereocenters. The molecule has 12 heteroatoms. The maximum atomic E-state index is 12.8. The molecule has 0 aliphatic carbocycles. The van der Waals surface area contributed by atoms with Gasteiger partial charge in [-0.1, -0.05) is 29.3 Å². The molecular formula is C22H24Cl2N6O4. The quantitative estimate of drug-likeness (QED) is 0.201. The summed E-state index contributed by atoms with van der Waals surface area (Å²) < 4.78 is 6.85. The number of ether oxygens (including phenoxy) is 1. The summed E-state index contributed by atoms with van der Waals surface area (Å²) in [5.74, 6) is 0.0489. The summed E-state index contributed by atoms with van der Waals surface area (Å²) in [5.41, 5.74) is 7.42. The fraction of sp³-hybridized carbons (Fsp3) is 0.273. The van der Waals surface area contributed by atoms with Gasteiger partial charge in [0, 0.05) is 60.2 Å². The first-order valence-corrected chi connectivity index (χ1v) is 11.1. The topological polar surface area (TPSA) is 137 Å². The number of hydrogen-bond donors (Lipinski definition) is 3. The Labute approximate surface area is 206 Å². The molecular weight excluding hydrogens is 483 g/mol. The van der Waals surface area contributed by atoms with Crippen molar-refractivity contribution in [1.82, 2.24) is 14.9 Å². The standard InChI is InChI=1S/C22H24Cl2N6O4/c1-34-10-8-27-22(31)19-11-14(16-4-3-15(23)12-17(16)24)13-29(19)9-2-7-26-20-6-5-18(30(32)33)21(25)28-20/h3-6,11-13H,2,7-10H2,1H3,(H,27,31)(H3,25,26,28). The van der Waals surface area contributed by atoms with Crippen molar-refractivity contribution in [1.29, 1.82) is 0 Å². The van der Waals surface area contributed by atoms with E-state index in [1.807, 2.05) is 16.8 Å². The zero-order valence-electron chi connectivity index (χ0n) is 18.4. The Balaban J connectivity index is 1.72. The zero-order chi connectivity index (χ0) is 24.7. The summed E-state index contributed by atoms with van der Waals surface area (Å²) in [6.45, 7) is 1.81. The molecule has 4 N–H and O–H groups in total. The van der Waals surface area contributed by atoms with Gasteiger partial charge in [-0.25, -0.2) is 4.98 Å². The molecule has 3 aromatic rings. The van der Waals surface area contributed by atoms with Gasteiger partial charge in [0.2, 0.25) is 5.82 Å². The molecule has 2 heterocycles. The van der Waals surface area contributed by atoms with Crippen molar-refractivity contribution in [3.63, 3.8) is 0 Å². The molecule has 180 valence electrons. The molecule has 2 aromatic heterocycles. The first-order chi connectivity index (χ1) is 16.3. The van der Waals surface area contributed by atoms with Crippen LogP contribution in [-0.2, 0) is 11.3 Å². The third kappa shape index (κ3) is 6.37. The molecule has 1 amide bonds. The van der Waals surface area contributed by atoms with E-state index < -0.39 is 4.92 Å². The molecule has 0 spiro atoms. The van der Waals surface area contributed by atoms with Crippen LogP contribution >= 0.6 is 23.2 Å². The number of benzene rings is 1. The maximum Gasteiger partial charge on any atom is 0.311 e. The van der Waals surface area contributed by atoms with Gasteiger partial charge in [-0.3, -0.25) is 14.9 Å². The molecule has 0 aliphatic rings. The largest absolute Gasteiger partial charge is 0.383 e. The summed E-state index contributed by atoms with van der Waals surface area (Å²) >= 11 is 12.4. The number of nitrogens with one attached hydrogen (secondary N) is 2. The summed E-state index contributed by atoms with van der Waals surface area (Å²) in [4.78, 5) is 27.1. The molecule has 0 unspecified atom stereocenters.